The molecular weight excluding hydrogens is 222 g/mol. The van der Waals surface area contributed by atoms with Gasteiger partial charge in [0, 0.05) is 19.3 Å². The molecule has 0 amide bonds. The summed E-state index contributed by atoms with van der Waals surface area (Å²) in [6.07, 6.45) is 2.74. The lowest BCUT2D eigenvalue weighted by Gasteiger charge is -2.29. The van der Waals surface area contributed by atoms with Crippen LogP contribution in [0.4, 0.5) is 5.95 Å². The first-order valence-corrected chi connectivity index (χ1v) is 5.44. The highest BCUT2D eigenvalue weighted by Gasteiger charge is 2.19. The number of rotatable bonds is 2. The van der Waals surface area contributed by atoms with E-state index in [-0.39, 0.29) is 11.9 Å². The van der Waals surface area contributed by atoms with E-state index in [1.165, 1.54) is 0 Å². The zero-order valence-corrected chi connectivity index (χ0v) is 9.32. The van der Waals surface area contributed by atoms with Gasteiger partial charge in [-0.05, 0) is 18.9 Å². The Morgan fingerprint density at radius 1 is 1.47 bits per heavy atom. The molecule has 1 fully saturated rings. The summed E-state index contributed by atoms with van der Waals surface area (Å²) in [5.41, 5.74) is 5.86. The van der Waals surface area contributed by atoms with E-state index in [4.69, 9.17) is 10.9 Å². The monoisotopic (exact) mass is 237 g/mol. The number of aliphatic hydroxyl groups is 1. The van der Waals surface area contributed by atoms with Crippen LogP contribution in [0.2, 0.25) is 0 Å². The molecule has 1 saturated heterocycles. The van der Waals surface area contributed by atoms with Crippen molar-refractivity contribution in [2.75, 3.05) is 18.0 Å². The van der Waals surface area contributed by atoms with Gasteiger partial charge in [-0.3, -0.25) is 0 Å². The summed E-state index contributed by atoms with van der Waals surface area (Å²) >= 11 is 0. The van der Waals surface area contributed by atoms with Gasteiger partial charge < -0.3 is 20.9 Å². The summed E-state index contributed by atoms with van der Waals surface area (Å²) < 4.78 is 0. The van der Waals surface area contributed by atoms with Crippen LogP contribution < -0.4 is 10.6 Å². The molecule has 4 N–H and O–H groups in total. The fourth-order valence-corrected chi connectivity index (χ4v) is 1.76. The fourth-order valence-electron chi connectivity index (χ4n) is 1.76. The molecule has 1 aromatic rings. The Kier molecular flexibility index (Phi) is 3.38. The van der Waals surface area contributed by atoms with Crippen molar-refractivity contribution in [2.45, 2.75) is 18.9 Å². The van der Waals surface area contributed by atoms with Gasteiger partial charge in [0.05, 0.1) is 6.10 Å². The molecule has 0 atom stereocenters. The largest absolute Gasteiger partial charge is 0.409 e. The van der Waals surface area contributed by atoms with Crippen LogP contribution in [0.3, 0.4) is 0 Å². The van der Waals surface area contributed by atoms with Crippen molar-refractivity contribution in [1.29, 1.82) is 0 Å². The Morgan fingerprint density at radius 2 is 2.18 bits per heavy atom. The zero-order valence-electron chi connectivity index (χ0n) is 9.32. The van der Waals surface area contributed by atoms with Crippen molar-refractivity contribution in [3.63, 3.8) is 0 Å². The van der Waals surface area contributed by atoms with E-state index >= 15 is 0 Å². The summed E-state index contributed by atoms with van der Waals surface area (Å²) in [5.74, 6) is 0.506. The van der Waals surface area contributed by atoms with Crippen LogP contribution in [0.5, 0.6) is 0 Å². The van der Waals surface area contributed by atoms with Crippen molar-refractivity contribution in [3.8, 4) is 0 Å². The Bertz CT molecular complexity index is 415. The molecule has 0 aromatic carbocycles. The molecule has 92 valence electrons. The number of hydrogen-bond donors (Lipinski definition) is 3. The van der Waals surface area contributed by atoms with Gasteiger partial charge in [-0.25, -0.2) is 9.97 Å². The third-order valence-corrected chi connectivity index (χ3v) is 2.76. The summed E-state index contributed by atoms with van der Waals surface area (Å²) in [6.45, 7) is 1.42. The predicted molar refractivity (Wildman–Crippen MR) is 62.0 cm³/mol. The Hall–Kier alpha value is -1.89. The standard InChI is InChI=1S/C10H15N5O2/c11-9(14-17)8-1-4-12-10(13-8)15-5-2-7(16)3-6-15/h1,4,7,16-17H,2-3,5-6H2,(H2,11,14). The number of amidine groups is 1. The molecule has 2 rings (SSSR count). The molecular formula is C10H15N5O2. The molecule has 0 saturated carbocycles. The molecule has 0 radical (unpaired) electrons. The smallest absolute Gasteiger partial charge is 0.225 e. The topological polar surface area (TPSA) is 108 Å². The molecule has 1 aliphatic heterocycles. The summed E-state index contributed by atoms with van der Waals surface area (Å²) in [6, 6.07) is 1.58. The summed E-state index contributed by atoms with van der Waals surface area (Å²) in [4.78, 5) is 10.3. The normalized spacial score (nSPS) is 18.4. The fraction of sp³-hybridized carbons (Fsp3) is 0.500. The highest BCUT2D eigenvalue weighted by molar-refractivity contribution is 5.95. The maximum Gasteiger partial charge on any atom is 0.225 e. The molecule has 0 aliphatic carbocycles. The molecule has 2 heterocycles. The van der Waals surface area contributed by atoms with E-state index in [1.807, 2.05) is 4.90 Å². The van der Waals surface area contributed by atoms with Gasteiger partial charge in [0.1, 0.15) is 5.69 Å². The van der Waals surface area contributed by atoms with Gasteiger partial charge in [0.25, 0.3) is 0 Å². The molecule has 17 heavy (non-hydrogen) atoms. The van der Waals surface area contributed by atoms with E-state index in [0.29, 0.717) is 37.6 Å². The van der Waals surface area contributed by atoms with Gasteiger partial charge in [0.15, 0.2) is 5.84 Å². The number of nitrogens with two attached hydrogens (primary N) is 1. The van der Waals surface area contributed by atoms with E-state index < -0.39 is 0 Å². The summed E-state index contributed by atoms with van der Waals surface area (Å²) in [7, 11) is 0. The minimum atomic E-state index is -0.237. The average molecular weight is 237 g/mol. The number of piperidine rings is 1. The maximum absolute atomic E-state index is 9.42. The highest BCUT2D eigenvalue weighted by Crippen LogP contribution is 2.15. The van der Waals surface area contributed by atoms with Crippen LogP contribution >= 0.6 is 0 Å². The van der Waals surface area contributed by atoms with Gasteiger partial charge in [-0.15, -0.1) is 0 Å². The van der Waals surface area contributed by atoms with Crippen LogP contribution in [0, 0.1) is 0 Å². The van der Waals surface area contributed by atoms with Crippen LogP contribution in [-0.4, -0.2) is 45.3 Å². The second-order valence-electron chi connectivity index (χ2n) is 3.95. The van der Waals surface area contributed by atoms with Crippen molar-refractivity contribution in [1.82, 2.24) is 9.97 Å². The van der Waals surface area contributed by atoms with Gasteiger partial charge in [-0.1, -0.05) is 5.16 Å². The van der Waals surface area contributed by atoms with Crippen LogP contribution in [-0.2, 0) is 0 Å². The van der Waals surface area contributed by atoms with Crippen molar-refractivity contribution in [3.05, 3.63) is 18.0 Å². The molecule has 0 spiro atoms. The van der Waals surface area contributed by atoms with Crippen LogP contribution in [0.15, 0.2) is 17.4 Å². The number of aliphatic hydroxyl groups excluding tert-OH is 1. The minimum Gasteiger partial charge on any atom is -0.409 e. The SMILES string of the molecule is N/C(=N/O)c1ccnc(N2CCC(O)CC2)n1. The Labute approximate surface area is 98.6 Å². The number of anilines is 1. The molecule has 7 nitrogen and oxygen atoms in total. The van der Waals surface area contributed by atoms with Crippen molar-refractivity contribution >= 4 is 11.8 Å². The third kappa shape index (κ3) is 2.62. The Balaban J connectivity index is 2.16. The Morgan fingerprint density at radius 3 is 2.82 bits per heavy atom. The first kappa shape index (κ1) is 11.6. The average Bonchev–Trinajstić information content (AvgIpc) is 2.39. The van der Waals surface area contributed by atoms with Crippen molar-refractivity contribution in [2.24, 2.45) is 10.9 Å². The quantitative estimate of drug-likeness (QED) is 0.278. The lowest BCUT2D eigenvalue weighted by molar-refractivity contribution is 0.145. The first-order valence-electron chi connectivity index (χ1n) is 5.44. The second kappa shape index (κ2) is 4.96. The number of nitrogens with zero attached hydrogens (tertiary/aromatic N) is 4. The molecule has 7 heteroatoms. The highest BCUT2D eigenvalue weighted by atomic mass is 16.4. The molecule has 1 aromatic heterocycles. The van der Waals surface area contributed by atoms with Gasteiger partial charge >= 0.3 is 0 Å². The molecule has 0 unspecified atom stereocenters. The van der Waals surface area contributed by atoms with E-state index in [9.17, 15) is 5.11 Å². The van der Waals surface area contributed by atoms with Gasteiger partial charge in [-0.2, -0.15) is 0 Å². The number of hydrogen-bond acceptors (Lipinski definition) is 6. The maximum atomic E-state index is 9.42. The van der Waals surface area contributed by atoms with E-state index in [0.717, 1.165) is 0 Å². The molecule has 0 bridgehead atoms. The predicted octanol–water partition coefficient (Wildman–Crippen LogP) is -0.468. The van der Waals surface area contributed by atoms with Crippen LogP contribution in [0.25, 0.3) is 0 Å². The zero-order chi connectivity index (χ0) is 12.3. The van der Waals surface area contributed by atoms with E-state index in [2.05, 4.69) is 15.1 Å². The lowest BCUT2D eigenvalue weighted by Crippen LogP contribution is -2.37. The van der Waals surface area contributed by atoms with Crippen molar-refractivity contribution < 1.29 is 10.3 Å². The van der Waals surface area contributed by atoms with Gasteiger partial charge in [0.2, 0.25) is 5.95 Å². The summed E-state index contributed by atoms with van der Waals surface area (Å²) in [5, 5.41) is 20.9. The second-order valence-corrected chi connectivity index (χ2v) is 3.95. The lowest BCUT2D eigenvalue weighted by atomic mass is 10.1. The number of oxime groups is 1. The minimum absolute atomic E-state index is 0.0364. The third-order valence-electron chi connectivity index (χ3n) is 2.76. The van der Waals surface area contributed by atoms with Crippen LogP contribution in [0.1, 0.15) is 18.5 Å². The molecule has 1 aliphatic rings. The number of aromatic nitrogens is 2. The van der Waals surface area contributed by atoms with E-state index in [1.54, 1.807) is 12.3 Å². The first-order chi connectivity index (χ1) is 8.20.